The second-order valence-corrected chi connectivity index (χ2v) is 8.10. The van der Waals surface area contributed by atoms with Gasteiger partial charge in [0.05, 0.1) is 5.60 Å². The van der Waals surface area contributed by atoms with Crippen LogP contribution in [0, 0.1) is 0 Å². The predicted octanol–water partition coefficient (Wildman–Crippen LogP) is 2.31. The van der Waals surface area contributed by atoms with Crippen molar-refractivity contribution in [1.29, 1.82) is 0 Å². The first-order valence-electron chi connectivity index (χ1n) is 7.22. The molecule has 1 N–H and O–H groups in total. The summed E-state index contributed by atoms with van der Waals surface area (Å²) in [5.74, 6) is 0. The molecule has 1 unspecified atom stereocenters. The minimum absolute atomic E-state index is 0.268. The van der Waals surface area contributed by atoms with Gasteiger partial charge in [0.15, 0.2) is 0 Å². The third kappa shape index (κ3) is 3.84. The highest BCUT2D eigenvalue weighted by molar-refractivity contribution is 14.1. The van der Waals surface area contributed by atoms with Gasteiger partial charge in [-0.15, -0.1) is 0 Å². The molecule has 98 valence electrons. The van der Waals surface area contributed by atoms with Gasteiger partial charge in [-0.05, 0) is 45.2 Å². The fourth-order valence-corrected chi connectivity index (χ4v) is 4.52. The van der Waals surface area contributed by atoms with Gasteiger partial charge in [-0.3, -0.25) is 0 Å². The molecule has 0 aromatic heterocycles. The van der Waals surface area contributed by atoms with E-state index in [0.717, 1.165) is 13.2 Å². The summed E-state index contributed by atoms with van der Waals surface area (Å²) in [5.41, 5.74) is 0.268. The van der Waals surface area contributed by atoms with Crippen molar-refractivity contribution >= 4 is 30.4 Å². The van der Waals surface area contributed by atoms with Crippen LogP contribution in [-0.4, -0.2) is 36.6 Å². The van der Waals surface area contributed by atoms with E-state index in [1.54, 1.807) is 0 Å². The van der Waals surface area contributed by atoms with E-state index in [-0.39, 0.29) is 5.60 Å². The van der Waals surface area contributed by atoms with Crippen molar-refractivity contribution in [3.05, 3.63) is 0 Å². The molecule has 17 heavy (non-hydrogen) atoms. The number of alkyl halides is 1. The number of halogens is 1. The zero-order valence-electron chi connectivity index (χ0n) is 11.1. The van der Waals surface area contributed by atoms with Gasteiger partial charge in [0.1, 0.15) is 7.85 Å². The monoisotopic (exact) mass is 349 g/mol. The summed E-state index contributed by atoms with van der Waals surface area (Å²) < 4.78 is 6.61. The number of ether oxygens (including phenoxy) is 1. The van der Waals surface area contributed by atoms with Gasteiger partial charge in [0.25, 0.3) is 0 Å². The van der Waals surface area contributed by atoms with Gasteiger partial charge in [0, 0.05) is 10.0 Å². The van der Waals surface area contributed by atoms with E-state index in [9.17, 15) is 0 Å². The van der Waals surface area contributed by atoms with E-state index in [2.05, 4.69) is 35.8 Å². The molecule has 0 radical (unpaired) electrons. The Morgan fingerprint density at radius 1 is 1.18 bits per heavy atom. The molecule has 0 bridgehead atoms. The molecule has 1 saturated heterocycles. The maximum atomic E-state index is 6.12. The first-order chi connectivity index (χ1) is 8.18. The van der Waals surface area contributed by atoms with Gasteiger partial charge in [0.2, 0.25) is 0 Å². The molecule has 0 aromatic carbocycles. The molecule has 0 aromatic rings. The number of rotatable bonds is 5. The summed E-state index contributed by atoms with van der Waals surface area (Å²) in [6.07, 6.45) is 10.4. The molecule has 2 nitrogen and oxygen atoms in total. The average Bonchev–Trinajstić information content (AvgIpc) is 2.72. The molecule has 2 rings (SSSR count). The first-order valence-corrected chi connectivity index (χ1v) is 8.30. The highest BCUT2D eigenvalue weighted by Gasteiger charge is 2.45. The molecule has 1 aliphatic heterocycles. The summed E-state index contributed by atoms with van der Waals surface area (Å²) in [6.45, 7) is 3.32. The van der Waals surface area contributed by atoms with Crippen molar-refractivity contribution in [1.82, 2.24) is 5.32 Å². The average molecular weight is 349 g/mol. The summed E-state index contributed by atoms with van der Waals surface area (Å²) >= 11 is 2.72. The van der Waals surface area contributed by atoms with Gasteiger partial charge >= 0.3 is 0 Å². The van der Waals surface area contributed by atoms with Crippen molar-refractivity contribution < 1.29 is 4.74 Å². The number of hydrogen-bond donors (Lipinski definition) is 1. The third-order valence-electron chi connectivity index (χ3n) is 4.29. The molecular weight excluding hydrogens is 324 g/mol. The van der Waals surface area contributed by atoms with E-state index < -0.39 is 0 Å². The largest absolute Gasteiger partial charge is 0.375 e. The first kappa shape index (κ1) is 14.1. The van der Waals surface area contributed by atoms with Gasteiger partial charge < -0.3 is 10.1 Å². The van der Waals surface area contributed by atoms with Crippen molar-refractivity contribution in [2.75, 3.05) is 19.7 Å². The fourth-order valence-electron chi connectivity index (χ4n) is 3.34. The maximum absolute atomic E-state index is 6.12. The molecule has 2 fully saturated rings. The van der Waals surface area contributed by atoms with Gasteiger partial charge in [-0.2, -0.15) is 0 Å². The molecule has 4 heteroatoms. The number of nitrogens with one attached hydrogen (secondary N) is 1. The van der Waals surface area contributed by atoms with Crippen LogP contribution in [-0.2, 0) is 4.74 Å². The molecule has 2 aliphatic rings. The molecule has 1 heterocycles. The second-order valence-electron chi connectivity index (χ2n) is 5.82. The Bertz CT molecular complexity index is 246. The third-order valence-corrected chi connectivity index (χ3v) is 5.75. The minimum atomic E-state index is 0.268. The highest BCUT2D eigenvalue weighted by atomic mass is 127. The smallest absolute Gasteiger partial charge is 0.102 e. The van der Waals surface area contributed by atoms with Crippen LogP contribution in [0.5, 0.6) is 0 Å². The van der Waals surface area contributed by atoms with E-state index >= 15 is 0 Å². The molecule has 1 aliphatic carbocycles. The normalized spacial score (nSPS) is 32.1. The lowest BCUT2D eigenvalue weighted by Crippen LogP contribution is -2.45. The van der Waals surface area contributed by atoms with Crippen LogP contribution < -0.4 is 5.32 Å². The summed E-state index contributed by atoms with van der Waals surface area (Å²) in [7, 11) is 2.23. The Hall–Kier alpha value is 0.715. The Morgan fingerprint density at radius 3 is 2.65 bits per heavy atom. The topological polar surface area (TPSA) is 21.3 Å². The van der Waals surface area contributed by atoms with Crippen LogP contribution in [0.1, 0.15) is 44.9 Å². The van der Waals surface area contributed by atoms with Crippen LogP contribution in [0.15, 0.2) is 0 Å². The van der Waals surface area contributed by atoms with Crippen LogP contribution in [0.4, 0.5) is 0 Å². The lowest BCUT2D eigenvalue weighted by atomic mass is 9.83. The standard InChI is InChI=1S/C13H25BINO/c14-7-9-16-8-5-12(15)6-10-17-13(11-12)3-1-2-4-13/h16H,1-11,14H2. The van der Waals surface area contributed by atoms with Crippen molar-refractivity contribution in [2.24, 2.45) is 0 Å². The number of hydrogen-bond acceptors (Lipinski definition) is 2. The quantitative estimate of drug-likeness (QED) is 0.356. The van der Waals surface area contributed by atoms with Gasteiger partial charge in [-0.1, -0.05) is 41.8 Å². The summed E-state index contributed by atoms with van der Waals surface area (Å²) in [4.78, 5) is 0. The zero-order valence-corrected chi connectivity index (χ0v) is 13.2. The molecule has 1 saturated carbocycles. The Morgan fingerprint density at radius 2 is 1.94 bits per heavy atom. The van der Waals surface area contributed by atoms with Crippen molar-refractivity contribution in [3.8, 4) is 0 Å². The Labute approximate surface area is 120 Å². The molecular formula is C13H25BINO. The Kier molecular flexibility index (Phi) is 5.19. The SMILES string of the molecule is BCCNCCC1(I)CCOC2(CCCC2)C1. The summed E-state index contributed by atoms with van der Waals surface area (Å²) in [6, 6.07) is 0. The molecule has 1 spiro atoms. The van der Waals surface area contributed by atoms with Crippen molar-refractivity contribution in [2.45, 2.75) is 60.3 Å². The van der Waals surface area contributed by atoms with Crippen LogP contribution in [0.25, 0.3) is 0 Å². The van der Waals surface area contributed by atoms with E-state index in [4.69, 9.17) is 4.74 Å². The highest BCUT2D eigenvalue weighted by Crippen LogP contribution is 2.48. The second kappa shape index (κ2) is 6.24. The fraction of sp³-hybridized carbons (Fsp3) is 1.00. The molecule has 0 amide bonds. The Balaban J connectivity index is 1.82. The van der Waals surface area contributed by atoms with E-state index in [1.165, 1.54) is 57.8 Å². The lowest BCUT2D eigenvalue weighted by Gasteiger charge is -2.43. The van der Waals surface area contributed by atoms with Gasteiger partial charge in [-0.25, -0.2) is 0 Å². The summed E-state index contributed by atoms with van der Waals surface area (Å²) in [5, 5.41) is 3.54. The molecule has 1 atom stereocenters. The zero-order chi connectivity index (χ0) is 12.2. The van der Waals surface area contributed by atoms with E-state index in [0.29, 0.717) is 3.42 Å². The minimum Gasteiger partial charge on any atom is -0.375 e. The van der Waals surface area contributed by atoms with Crippen LogP contribution in [0.3, 0.4) is 0 Å². The van der Waals surface area contributed by atoms with Crippen molar-refractivity contribution in [3.63, 3.8) is 0 Å². The lowest BCUT2D eigenvalue weighted by molar-refractivity contribution is -0.0831. The predicted molar refractivity (Wildman–Crippen MR) is 84.0 cm³/mol. The van der Waals surface area contributed by atoms with E-state index in [1.807, 2.05) is 0 Å². The maximum Gasteiger partial charge on any atom is 0.102 e. The van der Waals surface area contributed by atoms with Crippen LogP contribution >= 0.6 is 22.6 Å². The van der Waals surface area contributed by atoms with Crippen LogP contribution in [0.2, 0.25) is 6.32 Å².